The van der Waals surface area contributed by atoms with Gasteiger partial charge in [0.1, 0.15) is 5.82 Å². The van der Waals surface area contributed by atoms with Gasteiger partial charge in [-0.1, -0.05) is 12.1 Å². The van der Waals surface area contributed by atoms with Gasteiger partial charge < -0.3 is 14.4 Å². The standard InChI is InChI=1S/C16H22BFO3S/c1-15(2)16(3,4)21-17(20-15)13(10-22)8-12-7-11(9-19)5-6-14(12)18/h5-8,19,22H,9-10H2,1-4H3. The van der Waals surface area contributed by atoms with Gasteiger partial charge in [0.15, 0.2) is 0 Å². The molecular formula is C16H22BFO3S. The van der Waals surface area contributed by atoms with Crippen LogP contribution in [0.4, 0.5) is 4.39 Å². The molecule has 1 N–H and O–H groups in total. The zero-order valence-electron chi connectivity index (χ0n) is 13.4. The third-order valence-electron chi connectivity index (χ3n) is 4.32. The molecule has 0 bridgehead atoms. The predicted molar refractivity (Wildman–Crippen MR) is 90.2 cm³/mol. The monoisotopic (exact) mass is 324 g/mol. The second kappa shape index (κ2) is 6.36. The molecule has 1 aliphatic rings. The third-order valence-corrected chi connectivity index (χ3v) is 4.69. The average Bonchev–Trinajstić information content (AvgIpc) is 2.66. The lowest BCUT2D eigenvalue weighted by Gasteiger charge is -2.32. The van der Waals surface area contributed by atoms with Crippen LogP contribution < -0.4 is 0 Å². The van der Waals surface area contributed by atoms with Crippen LogP contribution in [0.1, 0.15) is 38.8 Å². The highest BCUT2D eigenvalue weighted by Crippen LogP contribution is 2.39. The molecule has 120 valence electrons. The molecule has 0 unspecified atom stereocenters. The normalized spacial score (nSPS) is 20.5. The summed E-state index contributed by atoms with van der Waals surface area (Å²) in [5.41, 5.74) is 0.887. The zero-order valence-corrected chi connectivity index (χ0v) is 14.3. The minimum atomic E-state index is -0.556. The maximum Gasteiger partial charge on any atom is 0.491 e. The highest BCUT2D eigenvalue weighted by atomic mass is 32.1. The minimum Gasteiger partial charge on any atom is -0.400 e. The van der Waals surface area contributed by atoms with Gasteiger partial charge in [-0.15, -0.1) is 0 Å². The maximum absolute atomic E-state index is 14.0. The van der Waals surface area contributed by atoms with E-state index in [9.17, 15) is 9.50 Å². The fourth-order valence-corrected chi connectivity index (χ4v) is 2.42. The Morgan fingerprint density at radius 3 is 2.36 bits per heavy atom. The van der Waals surface area contributed by atoms with Gasteiger partial charge in [-0.2, -0.15) is 12.6 Å². The first-order valence-electron chi connectivity index (χ1n) is 7.26. The Kier molecular flexibility index (Phi) is 5.07. The summed E-state index contributed by atoms with van der Waals surface area (Å²) in [6, 6.07) is 4.52. The number of hydrogen-bond donors (Lipinski definition) is 2. The van der Waals surface area contributed by atoms with E-state index in [0.29, 0.717) is 16.9 Å². The van der Waals surface area contributed by atoms with Gasteiger partial charge in [0.25, 0.3) is 0 Å². The van der Waals surface area contributed by atoms with Gasteiger partial charge >= 0.3 is 7.12 Å². The van der Waals surface area contributed by atoms with Crippen LogP contribution in [-0.4, -0.2) is 29.2 Å². The molecular weight excluding hydrogens is 302 g/mol. The minimum absolute atomic E-state index is 0.131. The van der Waals surface area contributed by atoms with E-state index in [4.69, 9.17) is 9.31 Å². The summed E-state index contributed by atoms with van der Waals surface area (Å²) in [6.07, 6.45) is 1.68. The fraction of sp³-hybridized carbons (Fsp3) is 0.500. The van der Waals surface area contributed by atoms with Crippen LogP contribution in [0.5, 0.6) is 0 Å². The third kappa shape index (κ3) is 3.40. The molecule has 1 aliphatic heterocycles. The van der Waals surface area contributed by atoms with E-state index in [-0.39, 0.29) is 12.4 Å². The summed E-state index contributed by atoms with van der Waals surface area (Å²) in [4.78, 5) is 0. The molecule has 1 aromatic carbocycles. The molecule has 2 rings (SSSR count). The van der Waals surface area contributed by atoms with E-state index in [1.54, 1.807) is 18.2 Å². The first-order chi connectivity index (χ1) is 10.2. The molecule has 6 heteroatoms. The predicted octanol–water partition coefficient (Wildman–Crippen LogP) is 3.26. The number of thiol groups is 1. The van der Waals surface area contributed by atoms with Crippen molar-refractivity contribution >= 4 is 25.8 Å². The molecule has 1 saturated heterocycles. The Bertz CT molecular complexity index is 571. The van der Waals surface area contributed by atoms with Crippen molar-refractivity contribution in [1.82, 2.24) is 0 Å². The largest absolute Gasteiger partial charge is 0.491 e. The van der Waals surface area contributed by atoms with Crippen molar-refractivity contribution in [2.24, 2.45) is 0 Å². The Labute approximate surface area is 137 Å². The van der Waals surface area contributed by atoms with Gasteiger partial charge in [-0.25, -0.2) is 4.39 Å². The lowest BCUT2D eigenvalue weighted by Crippen LogP contribution is -2.41. The van der Waals surface area contributed by atoms with Gasteiger partial charge in [-0.05, 0) is 50.9 Å². The fourth-order valence-electron chi connectivity index (χ4n) is 2.18. The topological polar surface area (TPSA) is 38.7 Å². The number of aliphatic hydroxyl groups excluding tert-OH is 1. The molecule has 0 saturated carbocycles. The van der Waals surface area contributed by atoms with Crippen LogP contribution >= 0.6 is 12.6 Å². The van der Waals surface area contributed by atoms with E-state index >= 15 is 0 Å². The van der Waals surface area contributed by atoms with Crippen LogP contribution in [0.3, 0.4) is 0 Å². The highest BCUT2D eigenvalue weighted by molar-refractivity contribution is 7.80. The maximum atomic E-state index is 14.0. The molecule has 1 heterocycles. The van der Waals surface area contributed by atoms with E-state index in [2.05, 4.69) is 12.6 Å². The van der Waals surface area contributed by atoms with Crippen molar-refractivity contribution in [3.05, 3.63) is 40.6 Å². The summed E-state index contributed by atoms with van der Waals surface area (Å²) >= 11 is 4.32. The van der Waals surface area contributed by atoms with Crippen molar-refractivity contribution in [2.45, 2.75) is 45.5 Å². The Morgan fingerprint density at radius 2 is 1.86 bits per heavy atom. The zero-order chi connectivity index (χ0) is 16.5. The summed E-state index contributed by atoms with van der Waals surface area (Å²) in [5, 5.41) is 9.19. The number of aliphatic hydroxyl groups is 1. The highest BCUT2D eigenvalue weighted by Gasteiger charge is 2.52. The van der Waals surface area contributed by atoms with Crippen LogP contribution in [0.15, 0.2) is 23.7 Å². The molecule has 1 fully saturated rings. The molecule has 0 atom stereocenters. The Hall–Kier alpha value is -0.815. The van der Waals surface area contributed by atoms with Crippen molar-refractivity contribution in [1.29, 1.82) is 0 Å². The van der Waals surface area contributed by atoms with Crippen molar-refractivity contribution in [3.63, 3.8) is 0 Å². The quantitative estimate of drug-likeness (QED) is 0.660. The van der Waals surface area contributed by atoms with Crippen LogP contribution in [-0.2, 0) is 15.9 Å². The molecule has 0 aliphatic carbocycles. The molecule has 1 aromatic rings. The number of benzene rings is 1. The molecule has 3 nitrogen and oxygen atoms in total. The molecule has 0 amide bonds. The van der Waals surface area contributed by atoms with E-state index in [1.807, 2.05) is 27.7 Å². The summed E-state index contributed by atoms with van der Waals surface area (Å²) in [5.74, 6) is 0.0348. The lowest BCUT2D eigenvalue weighted by molar-refractivity contribution is 0.00578. The molecule has 22 heavy (non-hydrogen) atoms. The molecule has 0 aromatic heterocycles. The van der Waals surface area contributed by atoms with Gasteiger partial charge in [0, 0.05) is 11.3 Å². The summed E-state index contributed by atoms with van der Waals surface area (Å²) in [6.45, 7) is 7.74. The van der Waals surface area contributed by atoms with E-state index in [1.165, 1.54) is 6.07 Å². The Morgan fingerprint density at radius 1 is 1.27 bits per heavy atom. The molecule has 0 spiro atoms. The van der Waals surface area contributed by atoms with Crippen LogP contribution in [0.2, 0.25) is 0 Å². The first-order valence-corrected chi connectivity index (χ1v) is 7.89. The van der Waals surface area contributed by atoms with Crippen molar-refractivity contribution in [2.75, 3.05) is 5.75 Å². The second-order valence-electron chi connectivity index (χ2n) is 6.48. The van der Waals surface area contributed by atoms with E-state index < -0.39 is 18.3 Å². The molecule has 0 radical (unpaired) electrons. The number of hydrogen-bond acceptors (Lipinski definition) is 4. The smallest absolute Gasteiger partial charge is 0.400 e. The van der Waals surface area contributed by atoms with Crippen LogP contribution in [0, 0.1) is 5.82 Å². The SMILES string of the molecule is CC1(C)OB(C(=Cc2cc(CO)ccc2F)CS)OC1(C)C. The van der Waals surface area contributed by atoms with Gasteiger partial charge in [0.2, 0.25) is 0 Å². The summed E-state index contributed by atoms with van der Waals surface area (Å²) < 4.78 is 25.9. The lowest BCUT2D eigenvalue weighted by atomic mass is 9.78. The van der Waals surface area contributed by atoms with Crippen molar-refractivity contribution < 1.29 is 18.8 Å². The second-order valence-corrected chi connectivity index (χ2v) is 6.80. The van der Waals surface area contributed by atoms with Gasteiger partial charge in [-0.3, -0.25) is 0 Å². The summed E-state index contributed by atoms with van der Waals surface area (Å²) in [7, 11) is -0.556. The van der Waals surface area contributed by atoms with E-state index in [0.717, 1.165) is 5.47 Å². The Balaban J connectivity index is 2.33. The van der Waals surface area contributed by atoms with Gasteiger partial charge in [0.05, 0.1) is 17.8 Å². The van der Waals surface area contributed by atoms with Crippen molar-refractivity contribution in [3.8, 4) is 0 Å². The first kappa shape index (κ1) is 17.5. The average molecular weight is 324 g/mol. The number of rotatable bonds is 4. The van der Waals surface area contributed by atoms with Crippen LogP contribution in [0.25, 0.3) is 6.08 Å². The number of halogens is 1.